The number of hydrogen-bond donors (Lipinski definition) is 0. The lowest BCUT2D eigenvalue weighted by molar-refractivity contribution is -0.124. The molecule has 1 unspecified atom stereocenters. The van der Waals surface area contributed by atoms with Crippen LogP contribution < -0.4 is 4.74 Å². The van der Waals surface area contributed by atoms with Crippen molar-refractivity contribution in [3.05, 3.63) is 29.3 Å². The summed E-state index contributed by atoms with van der Waals surface area (Å²) in [6.45, 7) is 16.8. The van der Waals surface area contributed by atoms with Gasteiger partial charge in [-0.25, -0.2) is 0 Å². The Morgan fingerprint density at radius 2 is 1.67 bits per heavy atom. The first kappa shape index (κ1) is 17.7. The fourth-order valence-corrected chi connectivity index (χ4v) is 2.23. The molecule has 0 bridgehead atoms. The summed E-state index contributed by atoms with van der Waals surface area (Å²) < 4.78 is 5.94. The Balaban J connectivity index is 3.24. The molecule has 0 fully saturated rings. The molecule has 0 aliphatic rings. The molecule has 1 rings (SSSR count). The minimum Gasteiger partial charge on any atom is -0.483 e. The maximum absolute atomic E-state index is 11.8. The molecule has 2 heteroatoms. The van der Waals surface area contributed by atoms with Gasteiger partial charge in [-0.05, 0) is 34.9 Å². The van der Waals surface area contributed by atoms with Gasteiger partial charge in [0.15, 0.2) is 11.9 Å². The molecule has 1 atom stereocenters. The molecule has 1 aromatic rings. The van der Waals surface area contributed by atoms with E-state index in [1.807, 2.05) is 19.9 Å². The molecule has 0 spiro atoms. The number of Topliss-reactive ketones (excluding diaryl/α,β-unsaturated/α-hetero) is 1. The van der Waals surface area contributed by atoms with Crippen molar-refractivity contribution in [1.82, 2.24) is 0 Å². The zero-order valence-electron chi connectivity index (χ0n) is 14.8. The molecule has 0 heterocycles. The van der Waals surface area contributed by atoms with Crippen LogP contribution in [-0.2, 0) is 15.6 Å². The molecule has 0 aliphatic heterocycles. The molecule has 0 aromatic heterocycles. The van der Waals surface area contributed by atoms with Crippen molar-refractivity contribution in [3.63, 3.8) is 0 Å². The first-order valence-electron chi connectivity index (χ1n) is 7.81. The topological polar surface area (TPSA) is 26.3 Å². The molecule has 118 valence electrons. The number of ketones is 1. The van der Waals surface area contributed by atoms with E-state index in [1.165, 1.54) is 5.56 Å². The molecule has 2 nitrogen and oxygen atoms in total. The zero-order chi connectivity index (χ0) is 16.4. The Morgan fingerprint density at radius 1 is 1.10 bits per heavy atom. The molecule has 0 saturated carbocycles. The van der Waals surface area contributed by atoms with Gasteiger partial charge in [-0.1, -0.05) is 60.6 Å². The van der Waals surface area contributed by atoms with Crippen molar-refractivity contribution in [2.75, 3.05) is 0 Å². The maximum atomic E-state index is 11.8. The standard InChI is InChI=1S/C19H30O2/c1-9-16(20)13(2)21-17-11-10-14(18(3,4)5)12-15(17)19(6,7)8/h10-13H,9H2,1-8H3. The van der Waals surface area contributed by atoms with Gasteiger partial charge in [-0.3, -0.25) is 4.79 Å². The van der Waals surface area contributed by atoms with Gasteiger partial charge in [-0.2, -0.15) is 0 Å². The predicted molar refractivity (Wildman–Crippen MR) is 89.2 cm³/mol. The van der Waals surface area contributed by atoms with Gasteiger partial charge in [0.25, 0.3) is 0 Å². The van der Waals surface area contributed by atoms with E-state index >= 15 is 0 Å². The van der Waals surface area contributed by atoms with E-state index in [9.17, 15) is 4.79 Å². The van der Waals surface area contributed by atoms with Crippen LogP contribution in [0.15, 0.2) is 18.2 Å². The van der Waals surface area contributed by atoms with Gasteiger partial charge in [0.1, 0.15) is 5.75 Å². The highest BCUT2D eigenvalue weighted by Crippen LogP contribution is 2.36. The van der Waals surface area contributed by atoms with Crippen LogP contribution in [0.3, 0.4) is 0 Å². The fourth-order valence-electron chi connectivity index (χ4n) is 2.23. The Morgan fingerprint density at radius 3 is 2.10 bits per heavy atom. The lowest BCUT2D eigenvalue weighted by atomic mass is 9.80. The minimum absolute atomic E-state index is 0.0222. The van der Waals surface area contributed by atoms with Crippen molar-refractivity contribution in [1.29, 1.82) is 0 Å². The third-order valence-corrected chi connectivity index (χ3v) is 3.76. The van der Waals surface area contributed by atoms with E-state index in [4.69, 9.17) is 4.74 Å². The van der Waals surface area contributed by atoms with Crippen LogP contribution in [0.5, 0.6) is 5.75 Å². The van der Waals surface area contributed by atoms with Crippen LogP contribution in [0.25, 0.3) is 0 Å². The van der Waals surface area contributed by atoms with Crippen molar-refractivity contribution in [2.45, 2.75) is 78.7 Å². The predicted octanol–water partition coefficient (Wildman–Crippen LogP) is 5.03. The van der Waals surface area contributed by atoms with Crippen LogP contribution in [0.4, 0.5) is 0 Å². The summed E-state index contributed by atoms with van der Waals surface area (Å²) in [6, 6.07) is 6.34. The largest absolute Gasteiger partial charge is 0.483 e. The molecule has 0 radical (unpaired) electrons. The van der Waals surface area contributed by atoms with Crippen LogP contribution >= 0.6 is 0 Å². The molecular formula is C19H30O2. The van der Waals surface area contributed by atoms with Gasteiger partial charge in [0.05, 0.1) is 0 Å². The van der Waals surface area contributed by atoms with E-state index < -0.39 is 6.10 Å². The quantitative estimate of drug-likeness (QED) is 0.777. The van der Waals surface area contributed by atoms with Gasteiger partial charge in [-0.15, -0.1) is 0 Å². The van der Waals surface area contributed by atoms with Crippen LogP contribution in [0.2, 0.25) is 0 Å². The lowest BCUT2D eigenvalue weighted by Gasteiger charge is -2.28. The smallest absolute Gasteiger partial charge is 0.172 e. The molecule has 0 saturated heterocycles. The Hall–Kier alpha value is -1.31. The highest BCUT2D eigenvalue weighted by molar-refractivity contribution is 5.82. The normalized spacial score (nSPS) is 13.9. The second-order valence-corrected chi connectivity index (χ2v) is 7.79. The highest BCUT2D eigenvalue weighted by Gasteiger charge is 2.24. The maximum Gasteiger partial charge on any atom is 0.172 e. The van der Waals surface area contributed by atoms with E-state index in [0.717, 1.165) is 11.3 Å². The number of benzene rings is 1. The van der Waals surface area contributed by atoms with Crippen molar-refractivity contribution >= 4 is 5.78 Å². The first-order chi connectivity index (χ1) is 9.46. The summed E-state index contributed by atoms with van der Waals surface area (Å²) >= 11 is 0. The van der Waals surface area contributed by atoms with E-state index in [-0.39, 0.29) is 16.6 Å². The van der Waals surface area contributed by atoms with Gasteiger partial charge >= 0.3 is 0 Å². The summed E-state index contributed by atoms with van der Waals surface area (Å²) in [5, 5.41) is 0. The van der Waals surface area contributed by atoms with Crippen LogP contribution in [0.1, 0.15) is 72.9 Å². The summed E-state index contributed by atoms with van der Waals surface area (Å²) in [7, 11) is 0. The second-order valence-electron chi connectivity index (χ2n) is 7.79. The Labute approximate surface area is 129 Å². The van der Waals surface area contributed by atoms with Crippen molar-refractivity contribution < 1.29 is 9.53 Å². The third kappa shape index (κ3) is 4.59. The SMILES string of the molecule is CCC(=O)C(C)Oc1ccc(C(C)(C)C)cc1C(C)(C)C. The zero-order valence-corrected chi connectivity index (χ0v) is 14.8. The molecule has 1 aromatic carbocycles. The Bertz CT molecular complexity index is 501. The van der Waals surface area contributed by atoms with E-state index in [2.05, 4.69) is 53.7 Å². The molecule has 0 aliphatic carbocycles. The van der Waals surface area contributed by atoms with Crippen LogP contribution in [-0.4, -0.2) is 11.9 Å². The number of carbonyl (C=O) groups excluding carboxylic acids is 1. The number of hydrogen-bond acceptors (Lipinski definition) is 2. The van der Waals surface area contributed by atoms with Crippen molar-refractivity contribution in [2.24, 2.45) is 0 Å². The number of rotatable bonds is 4. The van der Waals surface area contributed by atoms with Gasteiger partial charge in [0, 0.05) is 6.42 Å². The third-order valence-electron chi connectivity index (χ3n) is 3.76. The second kappa shape index (κ2) is 6.21. The van der Waals surface area contributed by atoms with Crippen molar-refractivity contribution in [3.8, 4) is 5.75 Å². The fraction of sp³-hybridized carbons (Fsp3) is 0.632. The number of ether oxygens (including phenoxy) is 1. The summed E-state index contributed by atoms with van der Waals surface area (Å²) in [4.78, 5) is 11.8. The highest BCUT2D eigenvalue weighted by atomic mass is 16.5. The van der Waals surface area contributed by atoms with E-state index in [0.29, 0.717) is 6.42 Å². The average molecular weight is 290 g/mol. The average Bonchev–Trinajstić information content (AvgIpc) is 2.35. The summed E-state index contributed by atoms with van der Waals surface area (Å²) in [5.74, 6) is 0.958. The first-order valence-corrected chi connectivity index (χ1v) is 7.81. The molecule has 0 N–H and O–H groups in total. The monoisotopic (exact) mass is 290 g/mol. The Kier molecular flexibility index (Phi) is 5.25. The summed E-state index contributed by atoms with van der Waals surface area (Å²) in [6.07, 6.45) is 0.114. The molecule has 21 heavy (non-hydrogen) atoms. The van der Waals surface area contributed by atoms with Gasteiger partial charge < -0.3 is 4.74 Å². The van der Waals surface area contributed by atoms with Crippen LogP contribution in [0, 0.1) is 0 Å². The number of carbonyl (C=O) groups is 1. The molecule has 0 amide bonds. The van der Waals surface area contributed by atoms with E-state index in [1.54, 1.807) is 0 Å². The molecular weight excluding hydrogens is 260 g/mol. The minimum atomic E-state index is -0.392. The summed E-state index contributed by atoms with van der Waals surface area (Å²) in [5.41, 5.74) is 2.52. The van der Waals surface area contributed by atoms with Gasteiger partial charge in [0.2, 0.25) is 0 Å². The lowest BCUT2D eigenvalue weighted by Crippen LogP contribution is -2.25.